The molecule has 6 heteroatoms. The van der Waals surface area contributed by atoms with Crippen LogP contribution in [0.2, 0.25) is 0 Å². The number of rotatable bonds is 4. The molecule has 1 saturated heterocycles. The first-order valence-corrected chi connectivity index (χ1v) is 8.43. The lowest BCUT2D eigenvalue weighted by molar-refractivity contribution is 0.121. The summed E-state index contributed by atoms with van der Waals surface area (Å²) in [5.74, 6) is 0.424. The number of aryl methyl sites for hydroxylation is 1. The van der Waals surface area contributed by atoms with E-state index in [2.05, 4.69) is 0 Å². The summed E-state index contributed by atoms with van der Waals surface area (Å²) in [5.41, 5.74) is 1.04. The van der Waals surface area contributed by atoms with E-state index >= 15 is 0 Å². The van der Waals surface area contributed by atoms with Crippen LogP contribution in [0.3, 0.4) is 0 Å². The molecule has 1 aliphatic rings. The summed E-state index contributed by atoms with van der Waals surface area (Å²) >= 11 is 0. The molecule has 114 valence electrons. The molecule has 1 fully saturated rings. The van der Waals surface area contributed by atoms with E-state index in [1.807, 2.05) is 6.07 Å². The van der Waals surface area contributed by atoms with Crippen LogP contribution in [0.25, 0.3) is 0 Å². The molecule has 1 heterocycles. The van der Waals surface area contributed by atoms with Crippen molar-refractivity contribution in [2.75, 3.05) is 26.8 Å². The van der Waals surface area contributed by atoms with Crippen molar-refractivity contribution in [1.82, 2.24) is 4.31 Å². The minimum absolute atomic E-state index is 0.242. The summed E-state index contributed by atoms with van der Waals surface area (Å²) in [6.07, 6.45) is 1.62. The summed E-state index contributed by atoms with van der Waals surface area (Å²) < 4.78 is 32.1. The first kappa shape index (κ1) is 16.0. The summed E-state index contributed by atoms with van der Waals surface area (Å²) in [7, 11) is -1.86. The number of benzene rings is 1. The van der Waals surface area contributed by atoms with Crippen LogP contribution in [0, 0.1) is 24.2 Å². The van der Waals surface area contributed by atoms with Crippen molar-refractivity contribution >= 4 is 10.0 Å². The van der Waals surface area contributed by atoms with Gasteiger partial charge in [-0.15, -0.1) is 0 Å². The second kappa shape index (κ2) is 6.56. The number of piperidine rings is 1. The largest absolute Gasteiger partial charge is 0.384 e. The molecule has 1 aromatic carbocycles. The van der Waals surface area contributed by atoms with Crippen molar-refractivity contribution in [3.63, 3.8) is 0 Å². The van der Waals surface area contributed by atoms with Crippen molar-refractivity contribution in [2.24, 2.45) is 5.92 Å². The highest BCUT2D eigenvalue weighted by molar-refractivity contribution is 7.89. The standard InChI is InChI=1S/C15H20N2O3S/c1-12-3-4-14(10-16)9-15(12)21(18,19)17-7-5-13(6-8-17)11-20-2/h3-4,9,13H,5-8,11H2,1-2H3. The molecule has 1 aliphatic heterocycles. The summed E-state index contributed by atoms with van der Waals surface area (Å²) in [6.45, 7) is 3.45. The third-order valence-corrected chi connectivity index (χ3v) is 5.95. The summed E-state index contributed by atoms with van der Waals surface area (Å²) in [4.78, 5) is 0.242. The van der Waals surface area contributed by atoms with E-state index in [1.54, 1.807) is 26.2 Å². The van der Waals surface area contributed by atoms with Crippen molar-refractivity contribution < 1.29 is 13.2 Å². The summed E-state index contributed by atoms with van der Waals surface area (Å²) in [6, 6.07) is 6.78. The van der Waals surface area contributed by atoms with Gasteiger partial charge in [-0.2, -0.15) is 9.57 Å². The van der Waals surface area contributed by atoms with Crippen LogP contribution >= 0.6 is 0 Å². The SMILES string of the molecule is COCC1CCN(S(=O)(=O)c2cc(C#N)ccc2C)CC1. The summed E-state index contributed by atoms with van der Waals surface area (Å²) in [5, 5.41) is 8.95. The third kappa shape index (κ3) is 3.43. The number of hydrogen-bond donors (Lipinski definition) is 0. The Labute approximate surface area is 126 Å². The molecule has 0 aromatic heterocycles. The highest BCUT2D eigenvalue weighted by Gasteiger charge is 2.30. The lowest BCUT2D eigenvalue weighted by atomic mass is 9.99. The Hall–Kier alpha value is -1.42. The zero-order chi connectivity index (χ0) is 15.5. The predicted octanol–water partition coefficient (Wildman–Crippen LogP) is 1.91. The second-order valence-electron chi connectivity index (χ2n) is 5.39. The van der Waals surface area contributed by atoms with Crippen LogP contribution in [-0.2, 0) is 14.8 Å². The molecule has 0 unspecified atom stereocenters. The Kier molecular flexibility index (Phi) is 4.99. The Balaban J connectivity index is 2.22. The average molecular weight is 308 g/mol. The molecule has 0 bridgehead atoms. The van der Waals surface area contributed by atoms with Gasteiger partial charge in [-0.25, -0.2) is 8.42 Å². The molecule has 5 nitrogen and oxygen atoms in total. The zero-order valence-electron chi connectivity index (χ0n) is 12.4. The van der Waals surface area contributed by atoms with Crippen molar-refractivity contribution in [3.8, 4) is 6.07 Å². The zero-order valence-corrected chi connectivity index (χ0v) is 13.2. The van der Waals surface area contributed by atoms with Crippen LogP contribution in [0.5, 0.6) is 0 Å². The Morgan fingerprint density at radius 3 is 2.62 bits per heavy atom. The molecule has 0 spiro atoms. The monoisotopic (exact) mass is 308 g/mol. The van der Waals surface area contributed by atoms with Gasteiger partial charge in [-0.1, -0.05) is 6.07 Å². The molecular formula is C15H20N2O3S. The molecule has 0 saturated carbocycles. The van der Waals surface area contributed by atoms with Crippen LogP contribution in [0.1, 0.15) is 24.0 Å². The first-order valence-electron chi connectivity index (χ1n) is 6.99. The van der Waals surface area contributed by atoms with Gasteiger partial charge in [0.15, 0.2) is 0 Å². The van der Waals surface area contributed by atoms with E-state index in [4.69, 9.17) is 10.00 Å². The fraction of sp³-hybridized carbons (Fsp3) is 0.533. The number of sulfonamides is 1. The molecule has 21 heavy (non-hydrogen) atoms. The first-order chi connectivity index (χ1) is 9.98. The molecule has 0 radical (unpaired) electrons. The lowest BCUT2D eigenvalue weighted by Crippen LogP contribution is -2.39. The molecule has 1 aromatic rings. The Bertz CT molecular complexity index is 641. The number of nitriles is 1. The lowest BCUT2D eigenvalue weighted by Gasteiger charge is -2.31. The maximum atomic E-state index is 12.7. The molecule has 0 N–H and O–H groups in total. The number of hydrogen-bond acceptors (Lipinski definition) is 4. The van der Waals surface area contributed by atoms with Gasteiger partial charge in [0.1, 0.15) is 0 Å². The minimum Gasteiger partial charge on any atom is -0.384 e. The highest BCUT2D eigenvalue weighted by Crippen LogP contribution is 2.26. The van der Waals surface area contributed by atoms with Gasteiger partial charge in [0, 0.05) is 26.8 Å². The predicted molar refractivity (Wildman–Crippen MR) is 79.3 cm³/mol. The van der Waals surface area contributed by atoms with Gasteiger partial charge in [-0.3, -0.25) is 0 Å². The Morgan fingerprint density at radius 2 is 2.05 bits per heavy atom. The maximum absolute atomic E-state index is 12.7. The van der Waals surface area contributed by atoms with Gasteiger partial charge in [-0.05, 0) is 43.4 Å². The van der Waals surface area contributed by atoms with Crippen LogP contribution in [0.4, 0.5) is 0 Å². The molecule has 0 amide bonds. The van der Waals surface area contributed by atoms with E-state index in [1.165, 1.54) is 10.4 Å². The smallest absolute Gasteiger partial charge is 0.243 e. The molecular weight excluding hydrogens is 288 g/mol. The fourth-order valence-electron chi connectivity index (χ4n) is 2.64. The van der Waals surface area contributed by atoms with Gasteiger partial charge >= 0.3 is 0 Å². The van der Waals surface area contributed by atoms with Crippen LogP contribution < -0.4 is 0 Å². The average Bonchev–Trinajstić information content (AvgIpc) is 2.48. The number of ether oxygens (including phenoxy) is 1. The van der Waals surface area contributed by atoms with E-state index in [-0.39, 0.29) is 4.90 Å². The topological polar surface area (TPSA) is 70.4 Å². The van der Waals surface area contributed by atoms with Crippen LogP contribution in [0.15, 0.2) is 23.1 Å². The highest BCUT2D eigenvalue weighted by atomic mass is 32.2. The van der Waals surface area contributed by atoms with Gasteiger partial charge in [0.2, 0.25) is 10.0 Å². The van der Waals surface area contributed by atoms with E-state index < -0.39 is 10.0 Å². The normalized spacial score (nSPS) is 17.6. The Morgan fingerprint density at radius 1 is 1.38 bits per heavy atom. The van der Waals surface area contributed by atoms with Crippen LogP contribution in [-0.4, -0.2) is 39.5 Å². The third-order valence-electron chi connectivity index (χ3n) is 3.91. The van der Waals surface area contributed by atoms with Gasteiger partial charge in [0.05, 0.1) is 16.5 Å². The number of methoxy groups -OCH3 is 1. The second-order valence-corrected chi connectivity index (χ2v) is 7.30. The van der Waals surface area contributed by atoms with Crippen molar-refractivity contribution in [3.05, 3.63) is 29.3 Å². The quantitative estimate of drug-likeness (QED) is 0.852. The maximum Gasteiger partial charge on any atom is 0.243 e. The van der Waals surface area contributed by atoms with E-state index in [9.17, 15) is 8.42 Å². The van der Waals surface area contributed by atoms with E-state index in [0.29, 0.717) is 36.7 Å². The fourth-order valence-corrected chi connectivity index (χ4v) is 4.36. The number of nitrogens with zero attached hydrogens (tertiary/aromatic N) is 2. The molecule has 0 atom stereocenters. The molecule has 2 rings (SSSR count). The van der Waals surface area contributed by atoms with Gasteiger partial charge < -0.3 is 4.74 Å². The molecule has 0 aliphatic carbocycles. The minimum atomic E-state index is -3.52. The van der Waals surface area contributed by atoms with Crippen molar-refractivity contribution in [1.29, 1.82) is 5.26 Å². The van der Waals surface area contributed by atoms with Crippen molar-refractivity contribution in [2.45, 2.75) is 24.7 Å². The van der Waals surface area contributed by atoms with Gasteiger partial charge in [0.25, 0.3) is 0 Å². The van der Waals surface area contributed by atoms with E-state index in [0.717, 1.165) is 12.8 Å².